The Hall–Kier alpha value is -4.24. The maximum atomic E-state index is 15.1. The summed E-state index contributed by atoms with van der Waals surface area (Å²) in [6, 6.07) is 23.4. The van der Waals surface area contributed by atoms with Crippen LogP contribution in [0.4, 0.5) is 11.4 Å². The van der Waals surface area contributed by atoms with Gasteiger partial charge in [0, 0.05) is 29.5 Å². The number of anilines is 2. The molecule has 2 unspecified atom stereocenters. The van der Waals surface area contributed by atoms with Gasteiger partial charge in [0.2, 0.25) is 11.8 Å². The summed E-state index contributed by atoms with van der Waals surface area (Å²) in [5.41, 5.74) is -0.290. The minimum atomic E-state index is -1.30. The van der Waals surface area contributed by atoms with Crippen LogP contribution in [0, 0.1) is 11.8 Å². The van der Waals surface area contributed by atoms with Gasteiger partial charge in [-0.15, -0.1) is 13.2 Å². The fourth-order valence-corrected chi connectivity index (χ4v) is 8.25. The van der Waals surface area contributed by atoms with Gasteiger partial charge in [-0.05, 0) is 61.2 Å². The van der Waals surface area contributed by atoms with Gasteiger partial charge in [0.25, 0.3) is 5.91 Å². The number of para-hydroxylation sites is 1. The number of nitrogens with zero attached hydrogens (tertiary/aromatic N) is 3. The summed E-state index contributed by atoms with van der Waals surface area (Å²) in [6.07, 6.45) is 4.70. The normalized spacial score (nSPS) is 26.5. The minimum Gasteiger partial charge on any atom is -0.394 e. The highest BCUT2D eigenvalue weighted by Gasteiger charge is 2.79. The Morgan fingerprint density at radius 1 is 0.936 bits per heavy atom. The van der Waals surface area contributed by atoms with Crippen LogP contribution in [0.25, 0.3) is 0 Å². The second kappa shape index (κ2) is 13.1. The molecule has 8 nitrogen and oxygen atoms in total. The SMILES string of the molecule is C=CCN(C(=O)C1N([C@H](CO)c2ccccc2)C(=O)[C@@H]2[C@@H](C(=O)N(CC=C)c3ccccc3)[C@@]3(CC)CCC12O3)c1ccc(Cl)cc1. The summed E-state index contributed by atoms with van der Waals surface area (Å²) < 4.78 is 7.05. The molecule has 244 valence electrons. The van der Waals surface area contributed by atoms with E-state index in [1.807, 2.05) is 67.6 Å². The Labute approximate surface area is 280 Å². The van der Waals surface area contributed by atoms with E-state index in [9.17, 15) is 9.90 Å². The molecule has 6 rings (SSSR count). The van der Waals surface area contributed by atoms with E-state index < -0.39 is 41.7 Å². The van der Waals surface area contributed by atoms with Gasteiger partial charge >= 0.3 is 0 Å². The molecule has 6 atom stereocenters. The number of ether oxygens (including phenoxy) is 1. The van der Waals surface area contributed by atoms with Crippen LogP contribution in [0.5, 0.6) is 0 Å². The van der Waals surface area contributed by atoms with E-state index in [0.29, 0.717) is 41.2 Å². The first-order chi connectivity index (χ1) is 22.8. The largest absolute Gasteiger partial charge is 0.394 e. The average molecular weight is 654 g/mol. The number of fused-ring (bicyclic) bond motifs is 1. The van der Waals surface area contributed by atoms with Crippen molar-refractivity contribution >= 4 is 40.7 Å². The molecule has 2 bridgehead atoms. The zero-order valence-corrected chi connectivity index (χ0v) is 27.3. The highest BCUT2D eigenvalue weighted by Crippen LogP contribution is 2.65. The predicted octanol–water partition coefficient (Wildman–Crippen LogP) is 5.97. The van der Waals surface area contributed by atoms with E-state index in [2.05, 4.69) is 13.2 Å². The van der Waals surface area contributed by atoms with Gasteiger partial charge in [-0.3, -0.25) is 14.4 Å². The first kappa shape index (κ1) is 32.7. The number of rotatable bonds is 12. The second-order valence-electron chi connectivity index (χ2n) is 12.5. The van der Waals surface area contributed by atoms with Gasteiger partial charge in [-0.25, -0.2) is 0 Å². The summed E-state index contributed by atoms with van der Waals surface area (Å²) in [7, 11) is 0. The van der Waals surface area contributed by atoms with Crippen molar-refractivity contribution in [2.24, 2.45) is 11.8 Å². The van der Waals surface area contributed by atoms with E-state index in [0.717, 1.165) is 0 Å². The average Bonchev–Trinajstić information content (AvgIpc) is 3.71. The summed E-state index contributed by atoms with van der Waals surface area (Å²) in [4.78, 5) is 49.6. The lowest BCUT2D eigenvalue weighted by Crippen LogP contribution is -2.57. The van der Waals surface area contributed by atoms with Gasteiger partial charge in [0.05, 0.1) is 30.1 Å². The zero-order chi connectivity index (χ0) is 33.3. The third-order valence-electron chi connectivity index (χ3n) is 10.2. The van der Waals surface area contributed by atoms with Crippen LogP contribution in [0.15, 0.2) is 110 Å². The molecule has 9 heteroatoms. The van der Waals surface area contributed by atoms with Crippen LogP contribution >= 0.6 is 11.6 Å². The van der Waals surface area contributed by atoms with Gasteiger partial charge in [-0.1, -0.05) is 79.2 Å². The number of hydrogen-bond acceptors (Lipinski definition) is 5. The van der Waals surface area contributed by atoms with Crippen molar-refractivity contribution in [3.8, 4) is 0 Å². The molecule has 0 aliphatic carbocycles. The Balaban J connectivity index is 1.52. The van der Waals surface area contributed by atoms with Crippen molar-refractivity contribution in [2.75, 3.05) is 29.5 Å². The van der Waals surface area contributed by atoms with E-state index in [-0.39, 0.29) is 30.8 Å². The van der Waals surface area contributed by atoms with Crippen molar-refractivity contribution in [3.63, 3.8) is 0 Å². The summed E-state index contributed by atoms with van der Waals surface area (Å²) in [6.45, 7) is 9.74. The molecular formula is C38H40ClN3O5. The number of aliphatic hydroxyl groups excluding tert-OH is 1. The summed E-state index contributed by atoms with van der Waals surface area (Å²) in [5, 5.41) is 11.4. The molecule has 3 aliphatic rings. The molecule has 1 N–H and O–H groups in total. The highest BCUT2D eigenvalue weighted by atomic mass is 35.5. The van der Waals surface area contributed by atoms with Gasteiger partial charge < -0.3 is 24.5 Å². The molecule has 0 saturated carbocycles. The molecule has 3 saturated heterocycles. The molecule has 3 amide bonds. The fraction of sp³-hybridized carbons (Fsp3) is 0.342. The smallest absolute Gasteiger partial charge is 0.253 e. The van der Waals surface area contributed by atoms with Crippen molar-refractivity contribution in [3.05, 3.63) is 121 Å². The minimum absolute atomic E-state index is 0.164. The highest BCUT2D eigenvalue weighted by molar-refractivity contribution is 6.30. The van der Waals surface area contributed by atoms with Crippen molar-refractivity contribution in [1.29, 1.82) is 0 Å². The maximum absolute atomic E-state index is 15.1. The van der Waals surface area contributed by atoms with Gasteiger partial charge in [-0.2, -0.15) is 0 Å². The fourth-order valence-electron chi connectivity index (χ4n) is 8.12. The zero-order valence-electron chi connectivity index (χ0n) is 26.5. The standard InChI is InChI=1S/C38H40ClN3O5/c1-4-23-40(28-15-11-8-12-16-28)34(44)31-32-35(45)42(30(25-43)26-13-9-7-10-14-26)33(38(32)22-21-37(31,6-3)47-38)36(46)41(24-5-2)29-19-17-27(39)18-20-29/h4-5,7-20,30-33,43H,1-2,6,21-25H2,3H3/t30-,31+,32+,33?,37-,38?/m1/s1. The van der Waals surface area contributed by atoms with Crippen LogP contribution in [-0.2, 0) is 19.1 Å². The molecule has 0 radical (unpaired) electrons. The molecule has 3 heterocycles. The Morgan fingerprint density at radius 3 is 2.09 bits per heavy atom. The lowest BCUT2D eigenvalue weighted by Gasteiger charge is -2.39. The number of likely N-dealkylation sites (tertiary alicyclic amines) is 1. The number of benzene rings is 3. The Kier molecular flexibility index (Phi) is 9.12. The van der Waals surface area contributed by atoms with Crippen LogP contribution in [0.2, 0.25) is 5.02 Å². The van der Waals surface area contributed by atoms with E-state index in [1.165, 1.54) is 4.90 Å². The first-order valence-electron chi connectivity index (χ1n) is 16.1. The monoisotopic (exact) mass is 653 g/mol. The molecule has 3 fully saturated rings. The molecule has 3 aromatic rings. The van der Waals surface area contributed by atoms with Crippen molar-refractivity contribution in [1.82, 2.24) is 4.90 Å². The van der Waals surface area contributed by atoms with Crippen molar-refractivity contribution in [2.45, 2.75) is 49.5 Å². The molecular weight excluding hydrogens is 614 g/mol. The van der Waals surface area contributed by atoms with E-state index in [4.69, 9.17) is 16.3 Å². The Bertz CT molecular complexity index is 1650. The molecule has 0 aromatic heterocycles. The number of amides is 3. The number of aliphatic hydroxyl groups is 1. The van der Waals surface area contributed by atoms with E-state index in [1.54, 1.807) is 46.2 Å². The van der Waals surface area contributed by atoms with E-state index >= 15 is 9.59 Å². The number of carbonyl (C=O) groups is 3. The first-order valence-corrected chi connectivity index (χ1v) is 16.5. The number of carbonyl (C=O) groups excluding carboxylic acids is 3. The molecule has 1 spiro atoms. The number of hydrogen-bond donors (Lipinski definition) is 1. The van der Waals surface area contributed by atoms with Crippen LogP contribution in [0.1, 0.15) is 37.8 Å². The van der Waals surface area contributed by atoms with Crippen LogP contribution in [-0.4, -0.2) is 64.7 Å². The third kappa shape index (κ3) is 5.29. The molecule has 3 aliphatic heterocycles. The van der Waals surface area contributed by atoms with Crippen LogP contribution in [0.3, 0.4) is 0 Å². The van der Waals surface area contributed by atoms with Gasteiger partial charge in [0.15, 0.2) is 0 Å². The van der Waals surface area contributed by atoms with Gasteiger partial charge in [0.1, 0.15) is 11.6 Å². The summed E-state index contributed by atoms with van der Waals surface area (Å²) in [5.74, 6) is -2.79. The third-order valence-corrected chi connectivity index (χ3v) is 10.4. The van der Waals surface area contributed by atoms with Crippen molar-refractivity contribution < 1.29 is 24.2 Å². The Morgan fingerprint density at radius 2 is 1.51 bits per heavy atom. The second-order valence-corrected chi connectivity index (χ2v) is 12.9. The number of halogens is 1. The summed E-state index contributed by atoms with van der Waals surface area (Å²) >= 11 is 6.20. The lowest BCUT2D eigenvalue weighted by atomic mass is 9.64. The molecule has 3 aromatic carbocycles. The topological polar surface area (TPSA) is 90.4 Å². The molecule has 47 heavy (non-hydrogen) atoms. The van der Waals surface area contributed by atoms with Crippen LogP contribution < -0.4 is 9.80 Å². The lowest BCUT2D eigenvalue weighted by molar-refractivity contribution is -0.149. The maximum Gasteiger partial charge on any atom is 0.253 e. The quantitative estimate of drug-likeness (QED) is 0.244. The predicted molar refractivity (Wildman–Crippen MR) is 183 cm³/mol.